The number of hydrogen-bond acceptors (Lipinski definition) is 17. The molecule has 0 unspecified atom stereocenters. The summed E-state index contributed by atoms with van der Waals surface area (Å²) in [6.07, 6.45) is -14.4. The number of rotatable bonds is 11. The van der Waals surface area contributed by atoms with E-state index in [9.17, 15) is 56.2 Å². The van der Waals surface area contributed by atoms with Gasteiger partial charge in [0.15, 0.2) is 18.9 Å². The van der Waals surface area contributed by atoms with Crippen molar-refractivity contribution in [3.63, 3.8) is 0 Å². The first-order valence-electron chi connectivity index (χ1n) is 23.3. The average Bonchev–Trinajstić information content (AvgIpc) is 3.60. The van der Waals surface area contributed by atoms with Crippen LogP contribution in [0.4, 0.5) is 0 Å². The first-order valence-corrected chi connectivity index (χ1v) is 23.3. The maximum absolute atomic E-state index is 12.5. The summed E-state index contributed by atoms with van der Waals surface area (Å²) in [5.41, 5.74) is -1.50. The zero-order valence-electron chi connectivity index (χ0n) is 38.3. The second kappa shape index (κ2) is 18.2. The number of aliphatic hydroxyl groups is 11. The van der Waals surface area contributed by atoms with Gasteiger partial charge in [-0.05, 0) is 117 Å². The molecule has 0 bridgehead atoms. The highest BCUT2D eigenvalue weighted by Crippen LogP contribution is 2.76. The van der Waals surface area contributed by atoms with Gasteiger partial charge in [0, 0.05) is 0 Å². The Balaban J connectivity index is 1.07. The van der Waals surface area contributed by atoms with Crippen LogP contribution in [-0.4, -0.2) is 180 Å². The quantitative estimate of drug-likeness (QED) is 0.124. The van der Waals surface area contributed by atoms with E-state index in [0.717, 1.165) is 18.4 Å². The van der Waals surface area contributed by atoms with Gasteiger partial charge in [0.2, 0.25) is 0 Å². The monoisotopic (exact) mass is 903 g/mol. The van der Waals surface area contributed by atoms with Crippen LogP contribution in [0, 0.1) is 45.3 Å². The lowest BCUT2D eigenvalue weighted by Crippen LogP contribution is -2.70. The molecule has 17 heteroatoms. The van der Waals surface area contributed by atoms with E-state index in [1.54, 1.807) is 0 Å². The molecule has 17 nitrogen and oxygen atoms in total. The molecule has 0 aromatic rings. The SMILES string of the molecule is CC(C)=CCC[C@](C)(O[C@@H]1O[C@H](CO[C@@H]2OC[C@@H](O[C@@H]3OC[C@@H](O)[C@H](O)[C@H]3O)[C@@H](O)[C@@H]2O)[C@@H](O)[C@H](O)[C@H]1O)[C@H]1CC[C@]2(C)[C@@H]1[C@H](O)C[C@@H]1[C@@]3(C)CC[C@H](O)C(C)(C)[C@@H]3[C@H](O)C[C@]12C. The van der Waals surface area contributed by atoms with E-state index in [4.69, 9.17) is 28.4 Å². The number of allylic oxidation sites excluding steroid dienone is 2. The van der Waals surface area contributed by atoms with Gasteiger partial charge >= 0.3 is 0 Å². The van der Waals surface area contributed by atoms with E-state index in [1.165, 1.54) is 0 Å². The number of ether oxygens (including phenoxy) is 6. The number of aliphatic hydroxyl groups excluding tert-OH is 11. The lowest BCUT2D eigenvalue weighted by Gasteiger charge is -2.71. The minimum atomic E-state index is -1.72. The van der Waals surface area contributed by atoms with Crippen LogP contribution in [0.15, 0.2) is 11.6 Å². The average molecular weight is 903 g/mol. The van der Waals surface area contributed by atoms with E-state index < -0.39 is 121 Å². The third-order valence-electron chi connectivity index (χ3n) is 17.9. The number of hydrogen-bond donors (Lipinski definition) is 11. The van der Waals surface area contributed by atoms with Gasteiger partial charge < -0.3 is 84.6 Å². The van der Waals surface area contributed by atoms with Crippen LogP contribution in [0.3, 0.4) is 0 Å². The maximum Gasteiger partial charge on any atom is 0.187 e. The van der Waals surface area contributed by atoms with Gasteiger partial charge in [-0.1, -0.05) is 46.3 Å². The molecule has 3 aliphatic heterocycles. The van der Waals surface area contributed by atoms with E-state index in [-0.39, 0.29) is 47.7 Å². The summed E-state index contributed by atoms with van der Waals surface area (Å²) in [5, 5.41) is 121. The molecule has 364 valence electrons. The van der Waals surface area contributed by atoms with Crippen molar-refractivity contribution in [2.75, 3.05) is 19.8 Å². The first-order chi connectivity index (χ1) is 29.3. The largest absolute Gasteiger partial charge is 0.393 e. The summed E-state index contributed by atoms with van der Waals surface area (Å²) in [6, 6.07) is 0. The molecule has 7 aliphatic rings. The molecule has 0 spiro atoms. The van der Waals surface area contributed by atoms with Crippen molar-refractivity contribution in [3.8, 4) is 0 Å². The minimum Gasteiger partial charge on any atom is -0.393 e. The number of fused-ring (bicyclic) bond motifs is 5. The molecule has 7 fully saturated rings. The van der Waals surface area contributed by atoms with Crippen molar-refractivity contribution in [2.24, 2.45) is 45.3 Å². The van der Waals surface area contributed by atoms with Gasteiger partial charge in [0.1, 0.15) is 61.0 Å². The molecule has 11 N–H and O–H groups in total. The van der Waals surface area contributed by atoms with Crippen molar-refractivity contribution in [1.29, 1.82) is 0 Å². The van der Waals surface area contributed by atoms with Crippen LogP contribution in [0.25, 0.3) is 0 Å². The molecular formula is C46H78O17. The molecule has 63 heavy (non-hydrogen) atoms. The fourth-order valence-corrected chi connectivity index (χ4v) is 14.3. The Morgan fingerprint density at radius 3 is 2.03 bits per heavy atom. The second-order valence-electron chi connectivity index (χ2n) is 22.2. The molecule has 4 saturated carbocycles. The fourth-order valence-electron chi connectivity index (χ4n) is 14.3. The molecule has 0 aromatic heterocycles. The second-order valence-corrected chi connectivity index (χ2v) is 22.2. The van der Waals surface area contributed by atoms with Gasteiger partial charge in [-0.15, -0.1) is 0 Å². The predicted octanol–water partition coefficient (Wildman–Crippen LogP) is 0.222. The van der Waals surface area contributed by atoms with Crippen molar-refractivity contribution in [3.05, 3.63) is 11.6 Å². The summed E-state index contributed by atoms with van der Waals surface area (Å²) in [4.78, 5) is 0. The highest BCUT2D eigenvalue weighted by Gasteiger charge is 2.73. The molecule has 0 aromatic carbocycles. The van der Waals surface area contributed by atoms with Crippen LogP contribution in [0.2, 0.25) is 0 Å². The lowest BCUT2D eigenvalue weighted by atomic mass is 9.34. The standard InChI is InChI=1S/C46H78O17/c1-21(2)10-9-13-46(8,22-11-15-44(6)30(22)23(47)16-28-43(5)14-12-29(50)42(3,4)38(43)24(48)17-45(28,44)7)63-41-37(57)34(54)32(52)26(62-41)19-59-39-36(56)33(53)27(20-60-39)61-40-35(55)31(51)25(49)18-58-40/h10,22-41,47-57H,9,11-20H2,1-8H3/t22-,23+,24+,25+,26+,27+,28+,29-,30-,31-,32+,33+,34-,35+,36-,37+,38-,39+,40-,41-,43+,44+,45+,46-/m0/s1. The van der Waals surface area contributed by atoms with Gasteiger partial charge in [0.05, 0.1) is 43.7 Å². The third kappa shape index (κ3) is 8.53. The van der Waals surface area contributed by atoms with Gasteiger partial charge in [-0.3, -0.25) is 0 Å². The Morgan fingerprint density at radius 2 is 1.35 bits per heavy atom. The Bertz CT molecular complexity index is 1610. The summed E-state index contributed by atoms with van der Waals surface area (Å²) in [7, 11) is 0. The van der Waals surface area contributed by atoms with E-state index in [1.807, 2.05) is 20.8 Å². The zero-order valence-corrected chi connectivity index (χ0v) is 38.3. The van der Waals surface area contributed by atoms with Crippen LogP contribution in [0.1, 0.15) is 107 Å². The van der Waals surface area contributed by atoms with Crippen molar-refractivity contribution in [1.82, 2.24) is 0 Å². The highest BCUT2D eigenvalue weighted by atomic mass is 16.7. The lowest BCUT2D eigenvalue weighted by molar-refractivity contribution is -0.351. The predicted molar refractivity (Wildman–Crippen MR) is 223 cm³/mol. The summed E-state index contributed by atoms with van der Waals surface area (Å²) < 4.78 is 35.4. The molecule has 3 saturated heterocycles. The highest BCUT2D eigenvalue weighted by molar-refractivity contribution is 5.22. The first kappa shape index (κ1) is 50.0. The smallest absolute Gasteiger partial charge is 0.187 e. The van der Waals surface area contributed by atoms with E-state index in [2.05, 4.69) is 40.7 Å². The molecular weight excluding hydrogens is 824 g/mol. The van der Waals surface area contributed by atoms with Crippen molar-refractivity contribution < 1.29 is 84.6 Å². The Kier molecular flexibility index (Phi) is 14.4. The van der Waals surface area contributed by atoms with E-state index >= 15 is 0 Å². The van der Waals surface area contributed by atoms with Crippen LogP contribution < -0.4 is 0 Å². The molecule has 3 heterocycles. The molecule has 0 radical (unpaired) electrons. The Labute approximate surface area is 371 Å². The van der Waals surface area contributed by atoms with E-state index in [0.29, 0.717) is 38.5 Å². The van der Waals surface area contributed by atoms with Gasteiger partial charge in [-0.25, -0.2) is 0 Å². The minimum absolute atomic E-state index is 0.0907. The van der Waals surface area contributed by atoms with Crippen molar-refractivity contribution >= 4 is 0 Å². The van der Waals surface area contributed by atoms with Gasteiger partial charge in [-0.2, -0.15) is 0 Å². The summed E-state index contributed by atoms with van der Waals surface area (Å²) in [6.45, 7) is 15.8. The van der Waals surface area contributed by atoms with Crippen molar-refractivity contribution in [2.45, 2.75) is 211 Å². The zero-order chi connectivity index (χ0) is 46.4. The van der Waals surface area contributed by atoms with Crippen LogP contribution in [0.5, 0.6) is 0 Å². The van der Waals surface area contributed by atoms with Crippen LogP contribution in [-0.2, 0) is 28.4 Å². The summed E-state index contributed by atoms with van der Waals surface area (Å²) >= 11 is 0. The Morgan fingerprint density at radius 1 is 0.698 bits per heavy atom. The summed E-state index contributed by atoms with van der Waals surface area (Å²) in [5.74, 6) is -0.536. The molecule has 0 amide bonds. The molecule has 7 rings (SSSR count). The van der Waals surface area contributed by atoms with Gasteiger partial charge in [0.25, 0.3) is 0 Å². The fraction of sp³-hybridized carbons (Fsp3) is 0.957. The molecule has 4 aliphatic carbocycles. The normalized spacial score (nSPS) is 53.1. The maximum atomic E-state index is 12.5. The molecule has 24 atom stereocenters. The Hall–Kier alpha value is -0.940. The van der Waals surface area contributed by atoms with Crippen LogP contribution >= 0.6 is 0 Å². The topological polar surface area (TPSA) is 278 Å². The third-order valence-corrected chi connectivity index (χ3v) is 17.9.